The van der Waals surface area contributed by atoms with E-state index < -0.39 is 0 Å². The monoisotopic (exact) mass is 278 g/mol. The van der Waals surface area contributed by atoms with Crippen molar-refractivity contribution in [3.05, 3.63) is 11.6 Å². The van der Waals surface area contributed by atoms with Crippen LogP contribution in [0.4, 0.5) is 0 Å². The summed E-state index contributed by atoms with van der Waals surface area (Å²) in [7, 11) is 0. The lowest BCUT2D eigenvalue weighted by atomic mass is 9.80. The number of nitrogens with zero attached hydrogens (tertiary/aromatic N) is 1. The van der Waals surface area contributed by atoms with Crippen molar-refractivity contribution in [2.75, 3.05) is 26.2 Å². The molecule has 3 nitrogen and oxygen atoms in total. The molecule has 2 aliphatic rings. The largest absolute Gasteiger partial charge is 0.343 e. The number of piperidine rings is 1. The Hall–Kier alpha value is -0.830. The van der Waals surface area contributed by atoms with Gasteiger partial charge in [0.05, 0.1) is 0 Å². The number of nitrogens with one attached hydrogen (secondary N) is 1. The molecule has 1 saturated heterocycles. The second-order valence-electron chi connectivity index (χ2n) is 6.72. The highest BCUT2D eigenvalue weighted by atomic mass is 16.2. The van der Waals surface area contributed by atoms with Crippen LogP contribution in [-0.2, 0) is 4.79 Å². The van der Waals surface area contributed by atoms with Gasteiger partial charge < -0.3 is 10.2 Å². The number of hydrogen-bond donors (Lipinski definition) is 1. The molecule has 1 heterocycles. The minimum absolute atomic E-state index is 0.230. The van der Waals surface area contributed by atoms with Crippen molar-refractivity contribution < 1.29 is 4.79 Å². The maximum absolute atomic E-state index is 11.3. The highest BCUT2D eigenvalue weighted by Crippen LogP contribution is 2.29. The summed E-state index contributed by atoms with van der Waals surface area (Å²) in [4.78, 5) is 13.3. The van der Waals surface area contributed by atoms with E-state index in [2.05, 4.69) is 25.2 Å². The highest BCUT2D eigenvalue weighted by Gasteiger charge is 2.23. The predicted octanol–water partition coefficient (Wildman–Crippen LogP) is 2.83. The van der Waals surface area contributed by atoms with Crippen LogP contribution >= 0.6 is 0 Å². The lowest BCUT2D eigenvalue weighted by molar-refractivity contribution is -0.130. The van der Waals surface area contributed by atoms with Crippen LogP contribution in [0.15, 0.2) is 11.6 Å². The van der Waals surface area contributed by atoms with Gasteiger partial charge in [0.15, 0.2) is 0 Å². The smallest absolute Gasteiger partial charge is 0.219 e. The Balaban J connectivity index is 1.68. The van der Waals surface area contributed by atoms with Crippen molar-refractivity contribution in [3.8, 4) is 0 Å². The first kappa shape index (κ1) is 15.6. The molecule has 0 aromatic carbocycles. The van der Waals surface area contributed by atoms with E-state index >= 15 is 0 Å². The van der Waals surface area contributed by atoms with E-state index in [0.717, 1.165) is 56.8 Å². The average molecular weight is 278 g/mol. The Morgan fingerprint density at radius 2 is 2.00 bits per heavy atom. The summed E-state index contributed by atoms with van der Waals surface area (Å²) in [6.45, 7) is 10.5. The van der Waals surface area contributed by atoms with Crippen LogP contribution < -0.4 is 5.32 Å². The molecule has 1 N–H and O–H groups in total. The fourth-order valence-electron chi connectivity index (χ4n) is 3.63. The maximum Gasteiger partial charge on any atom is 0.219 e. The Kier molecular flexibility index (Phi) is 5.64. The van der Waals surface area contributed by atoms with Gasteiger partial charge in [-0.2, -0.15) is 0 Å². The second-order valence-corrected chi connectivity index (χ2v) is 6.72. The molecule has 0 spiro atoms. The zero-order valence-electron chi connectivity index (χ0n) is 13.3. The summed E-state index contributed by atoms with van der Waals surface area (Å²) in [5.41, 5.74) is 1.57. The quantitative estimate of drug-likeness (QED) is 0.802. The fourth-order valence-corrected chi connectivity index (χ4v) is 3.63. The van der Waals surface area contributed by atoms with Crippen LogP contribution in [0.1, 0.15) is 46.5 Å². The summed E-state index contributed by atoms with van der Waals surface area (Å²) in [5.74, 6) is 2.51. The molecule has 0 aromatic rings. The van der Waals surface area contributed by atoms with Gasteiger partial charge in [0.2, 0.25) is 5.91 Å². The van der Waals surface area contributed by atoms with Crippen LogP contribution in [0.5, 0.6) is 0 Å². The Bertz CT molecular complexity index is 356. The van der Waals surface area contributed by atoms with Crippen molar-refractivity contribution in [1.29, 1.82) is 0 Å². The molecule has 0 aromatic heterocycles. The molecule has 2 atom stereocenters. The van der Waals surface area contributed by atoms with Gasteiger partial charge in [-0.1, -0.05) is 18.6 Å². The summed E-state index contributed by atoms with van der Waals surface area (Å²) in [5, 5.41) is 3.69. The molecule has 0 saturated carbocycles. The third-order valence-electron chi connectivity index (χ3n) is 5.22. The van der Waals surface area contributed by atoms with E-state index in [1.54, 1.807) is 12.5 Å². The lowest BCUT2D eigenvalue weighted by Gasteiger charge is -2.33. The molecule has 20 heavy (non-hydrogen) atoms. The summed E-state index contributed by atoms with van der Waals surface area (Å²) >= 11 is 0. The summed E-state index contributed by atoms with van der Waals surface area (Å²) in [6.07, 6.45) is 7.31. The van der Waals surface area contributed by atoms with Gasteiger partial charge in [0, 0.05) is 26.6 Å². The molecule has 1 fully saturated rings. The first-order valence-corrected chi connectivity index (χ1v) is 8.20. The highest BCUT2D eigenvalue weighted by molar-refractivity contribution is 5.73. The van der Waals surface area contributed by atoms with E-state index in [1.807, 2.05) is 4.90 Å². The third kappa shape index (κ3) is 4.08. The molecule has 0 bridgehead atoms. The van der Waals surface area contributed by atoms with Crippen LogP contribution in [0, 0.1) is 17.8 Å². The fraction of sp³-hybridized carbons (Fsp3) is 0.824. The molecule has 1 aliphatic heterocycles. The van der Waals surface area contributed by atoms with E-state index in [1.165, 1.54) is 12.8 Å². The average Bonchev–Trinajstić information content (AvgIpc) is 2.42. The predicted molar refractivity (Wildman–Crippen MR) is 83.5 cm³/mol. The molecule has 1 amide bonds. The van der Waals surface area contributed by atoms with Crippen molar-refractivity contribution in [3.63, 3.8) is 0 Å². The number of carbonyl (C=O) groups excluding carboxylic acids is 1. The first-order chi connectivity index (χ1) is 9.58. The van der Waals surface area contributed by atoms with Gasteiger partial charge in [-0.15, -0.1) is 0 Å². The minimum Gasteiger partial charge on any atom is -0.343 e. The van der Waals surface area contributed by atoms with Crippen LogP contribution in [-0.4, -0.2) is 37.0 Å². The summed E-state index contributed by atoms with van der Waals surface area (Å²) < 4.78 is 0. The molecular weight excluding hydrogens is 248 g/mol. The minimum atomic E-state index is 0.230. The lowest BCUT2D eigenvalue weighted by Crippen LogP contribution is -2.40. The SMILES string of the molecule is CC(=O)N1CCC(CNC[C@@H]2C(C)=CCC[C@H]2C)CC1. The van der Waals surface area contributed by atoms with Gasteiger partial charge in [0.25, 0.3) is 0 Å². The number of allylic oxidation sites excluding steroid dienone is 1. The van der Waals surface area contributed by atoms with Crippen molar-refractivity contribution in [2.45, 2.75) is 46.5 Å². The topological polar surface area (TPSA) is 32.3 Å². The van der Waals surface area contributed by atoms with Crippen LogP contribution in [0.25, 0.3) is 0 Å². The van der Waals surface area contributed by atoms with E-state index in [4.69, 9.17) is 0 Å². The van der Waals surface area contributed by atoms with Gasteiger partial charge in [-0.25, -0.2) is 0 Å². The molecule has 114 valence electrons. The molecule has 1 aliphatic carbocycles. The number of hydrogen-bond acceptors (Lipinski definition) is 2. The number of rotatable bonds is 4. The Labute approximate surface area is 123 Å². The number of likely N-dealkylation sites (tertiary alicyclic amines) is 1. The van der Waals surface area contributed by atoms with E-state index in [0.29, 0.717) is 0 Å². The molecule has 0 unspecified atom stereocenters. The van der Waals surface area contributed by atoms with Crippen molar-refractivity contribution >= 4 is 5.91 Å². The molecule has 2 rings (SSSR count). The van der Waals surface area contributed by atoms with Crippen LogP contribution in [0.2, 0.25) is 0 Å². The van der Waals surface area contributed by atoms with Gasteiger partial charge in [-0.3, -0.25) is 4.79 Å². The Morgan fingerprint density at radius 1 is 1.30 bits per heavy atom. The van der Waals surface area contributed by atoms with Crippen molar-refractivity contribution in [1.82, 2.24) is 10.2 Å². The second kappa shape index (κ2) is 7.26. The van der Waals surface area contributed by atoms with E-state index in [9.17, 15) is 4.79 Å². The zero-order valence-corrected chi connectivity index (χ0v) is 13.3. The number of amides is 1. The Morgan fingerprint density at radius 3 is 2.60 bits per heavy atom. The number of carbonyl (C=O) groups is 1. The van der Waals surface area contributed by atoms with Gasteiger partial charge in [-0.05, 0) is 56.9 Å². The normalized spacial score (nSPS) is 28.4. The maximum atomic E-state index is 11.3. The molecule has 0 radical (unpaired) electrons. The zero-order chi connectivity index (χ0) is 14.5. The third-order valence-corrected chi connectivity index (χ3v) is 5.22. The summed E-state index contributed by atoms with van der Waals surface area (Å²) in [6, 6.07) is 0. The first-order valence-electron chi connectivity index (χ1n) is 8.20. The molecular formula is C17H30N2O. The van der Waals surface area contributed by atoms with Gasteiger partial charge >= 0.3 is 0 Å². The molecule has 3 heteroatoms. The van der Waals surface area contributed by atoms with Gasteiger partial charge in [0.1, 0.15) is 0 Å². The standard InChI is InChI=1S/C17H30N2O/c1-13-5-4-6-14(2)17(13)12-18-11-16-7-9-19(10-8-16)15(3)20/h5,14,16-18H,4,6-12H2,1-3H3/t14-,17-/m1/s1. The van der Waals surface area contributed by atoms with Crippen LogP contribution in [0.3, 0.4) is 0 Å². The van der Waals surface area contributed by atoms with E-state index in [-0.39, 0.29) is 5.91 Å². The van der Waals surface area contributed by atoms with Crippen molar-refractivity contribution in [2.24, 2.45) is 17.8 Å².